The van der Waals surface area contributed by atoms with Crippen molar-refractivity contribution in [3.8, 4) is 5.75 Å². The first-order valence-corrected chi connectivity index (χ1v) is 24.7. The number of aliphatic imine (C=N–C) groups is 1. The summed E-state index contributed by atoms with van der Waals surface area (Å²) in [5, 5.41) is 38.8. The number of amides is 7. The Morgan fingerprint density at radius 1 is 0.884 bits per heavy atom. The summed E-state index contributed by atoms with van der Waals surface area (Å²) < 4.78 is 0. The molecule has 372 valence electrons. The van der Waals surface area contributed by atoms with Crippen molar-refractivity contribution in [1.82, 2.24) is 52.1 Å². The van der Waals surface area contributed by atoms with Gasteiger partial charge in [0.25, 0.3) is 0 Å². The molecule has 5 rings (SSSR count). The third kappa shape index (κ3) is 16.7. The zero-order valence-electron chi connectivity index (χ0n) is 37.9. The van der Waals surface area contributed by atoms with Crippen LogP contribution in [-0.4, -0.2) is 159 Å². The second-order valence-corrected chi connectivity index (χ2v) is 18.9. The third-order valence-electron chi connectivity index (χ3n) is 11.1. The number of benzene rings is 2. The first-order valence-electron chi connectivity index (χ1n) is 22.2. The van der Waals surface area contributed by atoms with E-state index >= 15 is 0 Å². The molecule has 0 aliphatic carbocycles. The number of aliphatic carboxylic acids is 1. The minimum absolute atomic E-state index is 0.0133. The summed E-state index contributed by atoms with van der Waals surface area (Å²) in [6.45, 7) is 0.230. The summed E-state index contributed by atoms with van der Waals surface area (Å²) >= 11 is 0. The Kier molecular flexibility index (Phi) is 20.5. The normalized spacial score (nSPS) is 19.8. The minimum atomic E-state index is -1.32. The topological polar surface area (TPSA) is 358 Å². The Hall–Kier alpha value is -6.86. The molecule has 1 unspecified atom stereocenters. The van der Waals surface area contributed by atoms with Crippen LogP contribution in [0.5, 0.6) is 5.75 Å². The number of aromatic nitrogens is 2. The van der Waals surface area contributed by atoms with Crippen LogP contribution in [0.1, 0.15) is 42.5 Å². The Bertz CT molecular complexity index is 2270. The quantitative estimate of drug-likeness (QED) is 0.0233. The number of carbonyl (C=O) groups is 8. The molecule has 1 aromatic heterocycles. The number of aromatic hydroxyl groups is 1. The SMILES string of the molecule is CNCC(=O)N[C@@H](CCCN=C(N)N)C(=O)NC1CSSC[C@@H](C(=O)N[C@@H](Cc2cnc[nH]2)C(=O)N2CCC[C@H]2C(=O)N[C@@H](Cc2ccccc2)C(=O)O)NC(=O)[C@H](Cc2ccc(O)cc2)NC1=O. The van der Waals surface area contributed by atoms with Gasteiger partial charge in [-0.25, -0.2) is 9.78 Å². The molecule has 0 spiro atoms. The van der Waals surface area contributed by atoms with Crippen molar-refractivity contribution >= 4 is 74.9 Å². The van der Waals surface area contributed by atoms with Crippen molar-refractivity contribution in [2.45, 2.75) is 87.2 Å². The number of likely N-dealkylation sites (tertiary alicyclic amines) is 1. The van der Waals surface area contributed by atoms with Gasteiger partial charge in [-0.15, -0.1) is 0 Å². The number of phenolic OH excluding ortho intramolecular Hbond substituents is 1. The van der Waals surface area contributed by atoms with E-state index < -0.39 is 89.6 Å². The van der Waals surface area contributed by atoms with Crippen molar-refractivity contribution in [3.05, 3.63) is 83.9 Å². The minimum Gasteiger partial charge on any atom is -0.508 e. The maximum Gasteiger partial charge on any atom is 0.326 e. The summed E-state index contributed by atoms with van der Waals surface area (Å²) in [5.41, 5.74) is 12.6. The molecular weight excluding hydrogens is 935 g/mol. The van der Waals surface area contributed by atoms with Gasteiger partial charge in [-0.3, -0.25) is 38.6 Å². The number of carboxylic acids is 1. The molecule has 0 radical (unpaired) electrons. The van der Waals surface area contributed by atoms with Crippen molar-refractivity contribution in [2.24, 2.45) is 16.5 Å². The number of aromatic amines is 1. The van der Waals surface area contributed by atoms with Gasteiger partial charge in [0.15, 0.2) is 5.96 Å². The van der Waals surface area contributed by atoms with Crippen LogP contribution in [0, 0.1) is 0 Å². The molecule has 3 heterocycles. The van der Waals surface area contributed by atoms with E-state index in [0.29, 0.717) is 29.7 Å². The Morgan fingerprint density at radius 2 is 1.61 bits per heavy atom. The van der Waals surface area contributed by atoms with E-state index in [-0.39, 0.29) is 75.0 Å². The lowest BCUT2D eigenvalue weighted by molar-refractivity contribution is -0.145. The molecule has 0 bridgehead atoms. The van der Waals surface area contributed by atoms with Crippen LogP contribution in [0.15, 0.2) is 72.1 Å². The highest BCUT2D eigenvalue weighted by atomic mass is 33.1. The van der Waals surface area contributed by atoms with Gasteiger partial charge in [-0.05, 0) is 56.0 Å². The van der Waals surface area contributed by atoms with Crippen molar-refractivity contribution in [3.63, 3.8) is 0 Å². The number of H-pyrrole nitrogens is 1. The van der Waals surface area contributed by atoms with Crippen LogP contribution in [-0.2, 0) is 57.6 Å². The van der Waals surface area contributed by atoms with Gasteiger partial charge in [0, 0.05) is 55.7 Å². The van der Waals surface area contributed by atoms with E-state index in [1.54, 1.807) is 49.5 Å². The first kappa shape index (κ1) is 53.1. The molecular formula is C44H59N13O10S2. The summed E-state index contributed by atoms with van der Waals surface area (Å²) in [6, 6.07) is 6.18. The highest BCUT2D eigenvalue weighted by Crippen LogP contribution is 2.25. The average Bonchev–Trinajstić information content (AvgIpc) is 4.03. The zero-order valence-corrected chi connectivity index (χ0v) is 39.5. The molecule has 2 aliphatic rings. The number of carbonyl (C=O) groups excluding carboxylic acids is 7. The van der Waals surface area contributed by atoms with E-state index in [0.717, 1.165) is 21.6 Å². The molecule has 7 amide bonds. The molecule has 2 fully saturated rings. The number of rotatable bonds is 21. The van der Waals surface area contributed by atoms with Crippen LogP contribution in [0.3, 0.4) is 0 Å². The smallest absolute Gasteiger partial charge is 0.326 e. The zero-order chi connectivity index (χ0) is 49.9. The van der Waals surface area contributed by atoms with E-state index in [2.05, 4.69) is 52.2 Å². The maximum atomic E-state index is 14.5. The predicted octanol–water partition coefficient (Wildman–Crippen LogP) is -2.20. The Labute approximate surface area is 405 Å². The van der Waals surface area contributed by atoms with Gasteiger partial charge in [-0.2, -0.15) is 0 Å². The standard InChI is InChI=1S/C44H59N13O10S2/c1-47-21-36(59)51-29(9-5-15-49-44(45)46)37(60)55-33-22-68-69-23-34(56-38(61)30(52-39(33)62)17-26-11-13-28(58)14-12-26)40(63)53-31(19-27-20-48-24-50-27)42(65)57-16-6-10-35(57)41(64)54-32(43(66)67)18-25-7-3-2-4-8-25/h2-4,7-8,11-14,20,24,29-35,47,58H,5-6,9-10,15-19,21-23H2,1H3,(H,48,50)(H,51,59)(H,52,62)(H,53,63)(H,54,64)(H,55,60)(H,56,61)(H,66,67)(H4,45,46,49)/t29-,30-,31-,32-,33?,34-,35-/m0/s1. The lowest BCUT2D eigenvalue weighted by Crippen LogP contribution is -2.61. The average molecular weight is 994 g/mol. The van der Waals surface area contributed by atoms with Gasteiger partial charge in [-0.1, -0.05) is 64.1 Å². The fraction of sp³-hybridized carbons (Fsp3) is 0.455. The van der Waals surface area contributed by atoms with E-state index in [1.807, 2.05) is 0 Å². The van der Waals surface area contributed by atoms with E-state index in [4.69, 9.17) is 11.5 Å². The molecule has 7 atom stereocenters. The van der Waals surface area contributed by atoms with Gasteiger partial charge >= 0.3 is 5.97 Å². The second-order valence-electron chi connectivity index (χ2n) is 16.3. The summed E-state index contributed by atoms with van der Waals surface area (Å²) in [5.74, 6) is -6.25. The third-order valence-corrected chi connectivity index (χ3v) is 13.5. The van der Waals surface area contributed by atoms with Crippen molar-refractivity contribution < 1.29 is 48.6 Å². The van der Waals surface area contributed by atoms with Crippen LogP contribution < -0.4 is 48.7 Å². The summed E-state index contributed by atoms with van der Waals surface area (Å²) in [7, 11) is 3.81. The monoisotopic (exact) mass is 993 g/mol. The van der Waals surface area contributed by atoms with Gasteiger partial charge in [0.05, 0.1) is 12.9 Å². The van der Waals surface area contributed by atoms with Crippen molar-refractivity contribution in [2.75, 3.05) is 38.2 Å². The Morgan fingerprint density at radius 3 is 2.29 bits per heavy atom. The van der Waals surface area contributed by atoms with E-state index in [9.17, 15) is 48.6 Å². The largest absolute Gasteiger partial charge is 0.508 e. The molecule has 14 N–H and O–H groups in total. The fourth-order valence-corrected chi connectivity index (χ4v) is 9.91. The molecule has 2 aromatic carbocycles. The molecule has 25 heteroatoms. The summed E-state index contributed by atoms with van der Waals surface area (Å²) in [4.78, 5) is 122. The highest BCUT2D eigenvalue weighted by Gasteiger charge is 2.40. The molecule has 69 heavy (non-hydrogen) atoms. The number of hydrogen-bond donors (Lipinski definition) is 12. The highest BCUT2D eigenvalue weighted by molar-refractivity contribution is 8.76. The van der Waals surface area contributed by atoms with Crippen molar-refractivity contribution in [1.29, 1.82) is 0 Å². The first-order chi connectivity index (χ1) is 33.1. The number of nitrogens with two attached hydrogens (primary N) is 2. The van der Waals surface area contributed by atoms with Crippen LogP contribution in [0.4, 0.5) is 0 Å². The number of imidazole rings is 1. The fourth-order valence-electron chi connectivity index (χ4n) is 7.58. The molecule has 3 aromatic rings. The maximum absolute atomic E-state index is 14.5. The van der Waals surface area contributed by atoms with Gasteiger partial charge in [0.1, 0.15) is 48.0 Å². The lowest BCUT2D eigenvalue weighted by Gasteiger charge is -2.30. The van der Waals surface area contributed by atoms with Crippen LogP contribution in [0.25, 0.3) is 0 Å². The molecule has 2 aliphatic heterocycles. The Balaban J connectivity index is 1.35. The molecule has 23 nitrogen and oxygen atoms in total. The summed E-state index contributed by atoms with van der Waals surface area (Å²) in [6.07, 6.45) is 3.79. The van der Waals surface area contributed by atoms with Crippen LogP contribution in [0.2, 0.25) is 0 Å². The second kappa shape index (κ2) is 26.6. The van der Waals surface area contributed by atoms with Gasteiger partial charge in [0.2, 0.25) is 41.4 Å². The number of hydrogen-bond acceptors (Lipinski definition) is 14. The number of carboxylic acid groups (broad SMARTS) is 1. The molecule has 0 saturated carbocycles. The van der Waals surface area contributed by atoms with E-state index in [1.165, 1.54) is 29.6 Å². The number of guanidine groups is 1. The number of phenols is 1. The molecule has 2 saturated heterocycles. The number of nitrogens with zero attached hydrogens (tertiary/aromatic N) is 3. The predicted molar refractivity (Wildman–Crippen MR) is 257 cm³/mol. The number of nitrogens with one attached hydrogen (secondary N) is 8. The van der Waals surface area contributed by atoms with Crippen LogP contribution >= 0.6 is 21.6 Å². The number of likely N-dealkylation sites (N-methyl/N-ethyl adjacent to an activating group) is 1. The van der Waals surface area contributed by atoms with Gasteiger partial charge < -0.3 is 68.8 Å². The lowest BCUT2D eigenvalue weighted by atomic mass is 10.0.